The van der Waals surface area contributed by atoms with Crippen LogP contribution in [0.15, 0.2) is 0 Å². The fourth-order valence-electron chi connectivity index (χ4n) is 2.36. The van der Waals surface area contributed by atoms with Gasteiger partial charge in [-0.3, -0.25) is 24.0 Å². The van der Waals surface area contributed by atoms with Crippen molar-refractivity contribution in [2.75, 3.05) is 12.0 Å². The summed E-state index contributed by atoms with van der Waals surface area (Å²) in [5.41, 5.74) is 5.48. The zero-order chi connectivity index (χ0) is 25.0. The van der Waals surface area contributed by atoms with Crippen LogP contribution in [-0.4, -0.2) is 98.3 Å². The molecule has 0 rings (SSSR count). The van der Waals surface area contributed by atoms with E-state index >= 15 is 0 Å². The van der Waals surface area contributed by atoms with E-state index < -0.39 is 78.7 Å². The van der Waals surface area contributed by atoms with E-state index in [-0.39, 0.29) is 6.42 Å². The van der Waals surface area contributed by atoms with Crippen LogP contribution >= 0.6 is 11.8 Å². The lowest BCUT2D eigenvalue weighted by Gasteiger charge is -2.26. The second-order valence-corrected chi connectivity index (χ2v) is 7.76. The quantitative estimate of drug-likeness (QED) is 0.116. The molecule has 32 heavy (non-hydrogen) atoms. The highest BCUT2D eigenvalue weighted by Crippen LogP contribution is 2.05. The summed E-state index contributed by atoms with van der Waals surface area (Å²) in [6.07, 6.45) is -1.32. The Labute approximate surface area is 187 Å². The number of carboxylic acid groups (broad SMARTS) is 3. The molecule has 0 saturated carbocycles. The van der Waals surface area contributed by atoms with Crippen LogP contribution in [0.4, 0.5) is 0 Å². The van der Waals surface area contributed by atoms with Gasteiger partial charge in [-0.2, -0.15) is 11.8 Å². The second kappa shape index (κ2) is 14.2. The van der Waals surface area contributed by atoms with Crippen molar-refractivity contribution in [1.82, 2.24) is 16.0 Å². The molecule has 0 aromatic heterocycles. The minimum atomic E-state index is -1.81. The molecule has 9 N–H and O–H groups in total. The summed E-state index contributed by atoms with van der Waals surface area (Å²) in [5.74, 6) is -7.04. The number of carboxylic acids is 3. The smallest absolute Gasteiger partial charge is 0.326 e. The van der Waals surface area contributed by atoms with E-state index in [0.717, 1.165) is 6.92 Å². The number of carbonyl (C=O) groups excluding carboxylic acids is 3. The predicted octanol–water partition coefficient (Wildman–Crippen LogP) is -3.06. The fourth-order valence-corrected chi connectivity index (χ4v) is 2.83. The van der Waals surface area contributed by atoms with E-state index in [2.05, 4.69) is 10.6 Å². The molecule has 3 amide bonds. The average Bonchev–Trinajstić information content (AvgIpc) is 2.66. The third-order valence-corrected chi connectivity index (χ3v) is 4.67. The Bertz CT molecular complexity index is 717. The molecule has 0 aliphatic heterocycles. The number of hydrogen-bond donors (Lipinski definition) is 8. The highest BCUT2D eigenvalue weighted by Gasteiger charge is 2.33. The fraction of sp³-hybridized carbons (Fsp3) is 0.647. The van der Waals surface area contributed by atoms with Gasteiger partial charge in [-0.15, -0.1) is 0 Å². The number of thioether (sulfide) groups is 1. The standard InChI is InChI=1S/C17H28N4O10S/c1-7(22)13(16(29)20-10(17(30)31)6-12(25)26)21-15(28)9(3-4-32-2)19-14(27)8(18)5-11(23)24/h7-10,13,22H,3-6,18H2,1-2H3,(H,19,27)(H,20,29)(H,21,28)(H,23,24)(H,25,26)(H,30,31). The number of aliphatic hydroxyl groups is 1. The highest BCUT2D eigenvalue weighted by atomic mass is 32.2. The molecule has 15 heteroatoms. The van der Waals surface area contributed by atoms with Crippen molar-refractivity contribution in [2.24, 2.45) is 5.73 Å². The first kappa shape index (κ1) is 29.1. The van der Waals surface area contributed by atoms with Gasteiger partial charge in [-0.25, -0.2) is 4.79 Å². The van der Waals surface area contributed by atoms with Gasteiger partial charge in [-0.1, -0.05) is 0 Å². The second-order valence-electron chi connectivity index (χ2n) is 6.77. The van der Waals surface area contributed by atoms with E-state index in [1.165, 1.54) is 11.8 Å². The summed E-state index contributed by atoms with van der Waals surface area (Å²) in [4.78, 5) is 69.8. The zero-order valence-electron chi connectivity index (χ0n) is 17.4. The third-order valence-electron chi connectivity index (χ3n) is 4.03. The summed E-state index contributed by atoms with van der Waals surface area (Å²) in [7, 11) is 0. The van der Waals surface area contributed by atoms with Crippen LogP contribution in [0.3, 0.4) is 0 Å². The molecule has 5 atom stereocenters. The zero-order valence-corrected chi connectivity index (χ0v) is 18.3. The van der Waals surface area contributed by atoms with Crippen molar-refractivity contribution in [3.63, 3.8) is 0 Å². The summed E-state index contributed by atoms with van der Waals surface area (Å²) < 4.78 is 0. The minimum absolute atomic E-state index is 0.0729. The van der Waals surface area contributed by atoms with E-state index in [4.69, 9.17) is 21.1 Å². The summed E-state index contributed by atoms with van der Waals surface area (Å²) in [5, 5.41) is 42.8. The topological polar surface area (TPSA) is 245 Å². The predicted molar refractivity (Wildman–Crippen MR) is 111 cm³/mol. The molecule has 0 fully saturated rings. The molecule has 0 saturated heterocycles. The minimum Gasteiger partial charge on any atom is -0.481 e. The molecule has 0 spiro atoms. The van der Waals surface area contributed by atoms with Crippen LogP contribution in [0.1, 0.15) is 26.2 Å². The molecule has 0 aromatic rings. The van der Waals surface area contributed by atoms with E-state index in [1.54, 1.807) is 6.26 Å². The van der Waals surface area contributed by atoms with Crippen LogP contribution < -0.4 is 21.7 Å². The number of aliphatic hydroxyl groups excluding tert-OH is 1. The van der Waals surface area contributed by atoms with Gasteiger partial charge < -0.3 is 42.1 Å². The lowest BCUT2D eigenvalue weighted by molar-refractivity contribution is -0.148. The molecule has 14 nitrogen and oxygen atoms in total. The van der Waals surface area contributed by atoms with Crippen LogP contribution in [0.5, 0.6) is 0 Å². The van der Waals surface area contributed by atoms with Gasteiger partial charge in [0.15, 0.2) is 0 Å². The first-order valence-corrected chi connectivity index (χ1v) is 10.7. The summed E-state index contributed by atoms with van der Waals surface area (Å²) >= 11 is 1.34. The molecule has 0 radical (unpaired) electrons. The van der Waals surface area contributed by atoms with Crippen LogP contribution in [0, 0.1) is 0 Å². The van der Waals surface area contributed by atoms with Gasteiger partial charge in [0.2, 0.25) is 17.7 Å². The third kappa shape index (κ3) is 10.9. The number of nitrogens with two attached hydrogens (primary N) is 1. The van der Waals surface area contributed by atoms with Gasteiger partial charge in [0.05, 0.1) is 25.0 Å². The lowest BCUT2D eigenvalue weighted by atomic mass is 10.1. The molecule has 0 aliphatic carbocycles. The van der Waals surface area contributed by atoms with Crippen LogP contribution in [0.25, 0.3) is 0 Å². The molecule has 5 unspecified atom stereocenters. The van der Waals surface area contributed by atoms with Crippen LogP contribution in [-0.2, 0) is 28.8 Å². The number of nitrogens with one attached hydrogen (secondary N) is 3. The molecule has 182 valence electrons. The van der Waals surface area contributed by atoms with Crippen LogP contribution in [0.2, 0.25) is 0 Å². The highest BCUT2D eigenvalue weighted by molar-refractivity contribution is 7.98. The normalized spacial score (nSPS) is 15.4. The average molecular weight is 480 g/mol. The van der Waals surface area contributed by atoms with Crippen molar-refractivity contribution in [3.8, 4) is 0 Å². The van der Waals surface area contributed by atoms with E-state index in [9.17, 15) is 33.9 Å². The van der Waals surface area contributed by atoms with Gasteiger partial charge in [-0.05, 0) is 25.4 Å². The Morgan fingerprint density at radius 1 is 0.844 bits per heavy atom. The maximum atomic E-state index is 12.7. The Morgan fingerprint density at radius 3 is 1.81 bits per heavy atom. The van der Waals surface area contributed by atoms with Gasteiger partial charge >= 0.3 is 17.9 Å². The van der Waals surface area contributed by atoms with Crippen molar-refractivity contribution in [2.45, 2.75) is 56.5 Å². The molecule has 0 aliphatic rings. The Kier molecular flexibility index (Phi) is 12.9. The number of rotatable bonds is 15. The summed E-state index contributed by atoms with van der Waals surface area (Å²) in [6, 6.07) is -6.14. The van der Waals surface area contributed by atoms with Gasteiger partial charge in [0, 0.05) is 0 Å². The lowest BCUT2D eigenvalue weighted by Crippen LogP contribution is -2.60. The SMILES string of the molecule is CSCCC(NC(=O)C(N)CC(=O)O)C(=O)NC(C(=O)NC(CC(=O)O)C(=O)O)C(C)O. The number of hydrogen-bond acceptors (Lipinski definition) is 9. The first-order chi connectivity index (χ1) is 14.8. The van der Waals surface area contributed by atoms with Crippen molar-refractivity contribution in [3.05, 3.63) is 0 Å². The van der Waals surface area contributed by atoms with Crippen molar-refractivity contribution >= 4 is 47.4 Å². The number of aliphatic carboxylic acids is 3. The first-order valence-electron chi connectivity index (χ1n) is 9.30. The molecule has 0 aromatic carbocycles. The molecular formula is C17H28N4O10S. The summed E-state index contributed by atoms with van der Waals surface area (Å²) in [6.45, 7) is 1.13. The van der Waals surface area contributed by atoms with E-state index in [1.807, 2.05) is 5.32 Å². The van der Waals surface area contributed by atoms with Crippen molar-refractivity contribution in [1.29, 1.82) is 0 Å². The largest absolute Gasteiger partial charge is 0.481 e. The Hall–Kier alpha value is -2.91. The maximum Gasteiger partial charge on any atom is 0.326 e. The molecular weight excluding hydrogens is 452 g/mol. The van der Waals surface area contributed by atoms with Crippen molar-refractivity contribution < 1.29 is 49.2 Å². The molecule has 0 heterocycles. The Morgan fingerprint density at radius 2 is 1.38 bits per heavy atom. The molecule has 0 bridgehead atoms. The van der Waals surface area contributed by atoms with E-state index in [0.29, 0.717) is 5.75 Å². The maximum absolute atomic E-state index is 12.7. The Balaban J connectivity index is 5.40. The van der Waals surface area contributed by atoms with Gasteiger partial charge in [0.1, 0.15) is 18.1 Å². The number of carbonyl (C=O) groups is 6. The number of amides is 3. The van der Waals surface area contributed by atoms with Gasteiger partial charge in [0.25, 0.3) is 0 Å². The monoisotopic (exact) mass is 480 g/mol.